The number of rotatable bonds is 7. The molecule has 0 spiro atoms. The number of methoxy groups -OCH3 is 1. The normalized spacial score (nSPS) is 11.6. The zero-order chi connectivity index (χ0) is 20.8. The number of ether oxygens (including phenoxy) is 2. The van der Waals surface area contributed by atoms with E-state index < -0.39 is 23.8 Å². The van der Waals surface area contributed by atoms with Gasteiger partial charge in [0.05, 0.1) is 19.2 Å². The maximum atomic E-state index is 13.2. The minimum atomic E-state index is -1.02. The van der Waals surface area contributed by atoms with Crippen molar-refractivity contribution in [2.75, 3.05) is 12.4 Å². The molecular formula is C21H19FN2O4S. The van der Waals surface area contributed by atoms with Crippen molar-refractivity contribution in [1.29, 1.82) is 0 Å². The van der Waals surface area contributed by atoms with Crippen LogP contribution in [0.2, 0.25) is 0 Å². The molecule has 1 atom stereocenters. The average Bonchev–Trinajstić information content (AvgIpc) is 3.16. The molecule has 1 aromatic heterocycles. The van der Waals surface area contributed by atoms with Crippen LogP contribution in [0.3, 0.4) is 0 Å². The van der Waals surface area contributed by atoms with Gasteiger partial charge in [0.15, 0.2) is 6.10 Å². The van der Waals surface area contributed by atoms with Crippen molar-refractivity contribution >= 4 is 28.9 Å². The van der Waals surface area contributed by atoms with Crippen LogP contribution in [0.25, 0.3) is 10.6 Å². The summed E-state index contributed by atoms with van der Waals surface area (Å²) in [4.78, 5) is 28.7. The predicted molar refractivity (Wildman–Crippen MR) is 108 cm³/mol. The first kappa shape index (κ1) is 20.5. The zero-order valence-corrected chi connectivity index (χ0v) is 16.7. The van der Waals surface area contributed by atoms with Crippen molar-refractivity contribution in [3.05, 3.63) is 65.4 Å². The first-order chi connectivity index (χ1) is 13.9. The maximum Gasteiger partial charge on any atom is 0.312 e. The molecule has 6 nitrogen and oxygen atoms in total. The van der Waals surface area contributed by atoms with Gasteiger partial charge in [-0.25, -0.2) is 9.37 Å². The monoisotopic (exact) mass is 414 g/mol. The van der Waals surface area contributed by atoms with Gasteiger partial charge < -0.3 is 14.8 Å². The van der Waals surface area contributed by atoms with Gasteiger partial charge >= 0.3 is 5.97 Å². The van der Waals surface area contributed by atoms with Crippen molar-refractivity contribution in [2.24, 2.45) is 0 Å². The maximum absolute atomic E-state index is 13.2. The van der Waals surface area contributed by atoms with Crippen LogP contribution in [0.4, 0.5) is 10.1 Å². The van der Waals surface area contributed by atoms with E-state index in [1.807, 2.05) is 24.3 Å². The molecule has 0 bridgehead atoms. The standard InChI is InChI=1S/C21H19FN2O4S/c1-13(20(26)23-16-5-3-4-15(22)10-16)28-19(25)11-17-12-29-21(24-17)14-6-8-18(27-2)9-7-14/h3-10,12-13H,11H2,1-2H3,(H,23,26)/t13-/m1/s1. The minimum Gasteiger partial charge on any atom is -0.497 e. The fourth-order valence-electron chi connectivity index (χ4n) is 2.50. The minimum absolute atomic E-state index is 0.0513. The lowest BCUT2D eigenvalue weighted by Crippen LogP contribution is -2.30. The first-order valence-electron chi connectivity index (χ1n) is 8.79. The molecule has 1 heterocycles. The summed E-state index contributed by atoms with van der Waals surface area (Å²) in [5, 5.41) is 5.05. The molecule has 150 valence electrons. The summed E-state index contributed by atoms with van der Waals surface area (Å²) < 4.78 is 23.5. The number of thiazole rings is 1. The van der Waals surface area contributed by atoms with E-state index in [0.29, 0.717) is 11.4 Å². The van der Waals surface area contributed by atoms with Crippen LogP contribution < -0.4 is 10.1 Å². The Morgan fingerprint density at radius 3 is 2.66 bits per heavy atom. The van der Waals surface area contributed by atoms with Crippen LogP contribution in [0.5, 0.6) is 5.75 Å². The fourth-order valence-corrected chi connectivity index (χ4v) is 3.33. The topological polar surface area (TPSA) is 77.5 Å². The van der Waals surface area contributed by atoms with E-state index >= 15 is 0 Å². The van der Waals surface area contributed by atoms with Crippen molar-refractivity contribution in [3.63, 3.8) is 0 Å². The number of carbonyl (C=O) groups excluding carboxylic acids is 2. The van der Waals surface area contributed by atoms with Gasteiger partial charge in [-0.15, -0.1) is 11.3 Å². The highest BCUT2D eigenvalue weighted by molar-refractivity contribution is 7.13. The number of nitrogens with zero attached hydrogens (tertiary/aromatic N) is 1. The van der Waals surface area contributed by atoms with Gasteiger partial charge in [0.25, 0.3) is 5.91 Å². The second kappa shape index (κ2) is 9.29. The van der Waals surface area contributed by atoms with E-state index in [4.69, 9.17) is 9.47 Å². The van der Waals surface area contributed by atoms with Crippen molar-refractivity contribution in [2.45, 2.75) is 19.4 Å². The molecule has 0 radical (unpaired) electrons. The number of anilines is 1. The van der Waals surface area contributed by atoms with Crippen molar-refractivity contribution in [3.8, 4) is 16.3 Å². The number of carbonyl (C=O) groups is 2. The number of benzene rings is 2. The number of esters is 1. The summed E-state index contributed by atoms with van der Waals surface area (Å²) in [5.41, 5.74) is 1.77. The third-order valence-corrected chi connectivity index (χ3v) is 4.92. The van der Waals surface area contributed by atoms with E-state index in [-0.39, 0.29) is 6.42 Å². The summed E-state index contributed by atoms with van der Waals surface area (Å²) in [6, 6.07) is 12.9. The Labute approximate surface area is 171 Å². The van der Waals surface area contributed by atoms with Gasteiger partial charge in [-0.2, -0.15) is 0 Å². The summed E-state index contributed by atoms with van der Waals surface area (Å²) >= 11 is 1.41. The number of aromatic nitrogens is 1. The molecule has 0 aliphatic heterocycles. The van der Waals surface area contributed by atoms with Gasteiger partial charge in [0.1, 0.15) is 16.6 Å². The van der Waals surface area contributed by atoms with Gasteiger partial charge in [0, 0.05) is 16.6 Å². The predicted octanol–water partition coefficient (Wildman–Crippen LogP) is 4.07. The van der Waals surface area contributed by atoms with Gasteiger partial charge in [-0.3, -0.25) is 9.59 Å². The molecule has 0 saturated carbocycles. The quantitative estimate of drug-likeness (QED) is 0.590. The van der Waals surface area contributed by atoms with Crippen LogP contribution in [0.1, 0.15) is 12.6 Å². The van der Waals surface area contributed by atoms with E-state index in [0.717, 1.165) is 16.3 Å². The molecule has 1 N–H and O–H groups in total. The molecule has 3 aromatic rings. The van der Waals surface area contributed by atoms with Crippen molar-refractivity contribution in [1.82, 2.24) is 4.98 Å². The number of halogens is 1. The van der Waals surface area contributed by atoms with Gasteiger partial charge in [0.2, 0.25) is 0 Å². The molecule has 29 heavy (non-hydrogen) atoms. The molecule has 0 aliphatic rings. The Hall–Kier alpha value is -3.26. The molecule has 8 heteroatoms. The zero-order valence-electron chi connectivity index (χ0n) is 15.8. The Balaban J connectivity index is 1.54. The number of hydrogen-bond donors (Lipinski definition) is 1. The number of nitrogens with one attached hydrogen (secondary N) is 1. The SMILES string of the molecule is COc1ccc(-c2nc(CC(=O)O[C@H](C)C(=O)Nc3cccc(F)c3)cs2)cc1. The van der Waals surface area contributed by atoms with Gasteiger partial charge in [-0.05, 0) is 49.4 Å². The highest BCUT2D eigenvalue weighted by Gasteiger charge is 2.19. The smallest absolute Gasteiger partial charge is 0.312 e. The number of hydrogen-bond acceptors (Lipinski definition) is 6. The third kappa shape index (κ3) is 5.61. The highest BCUT2D eigenvalue weighted by atomic mass is 32.1. The summed E-state index contributed by atoms with van der Waals surface area (Å²) in [5.74, 6) is -0.831. The fraction of sp³-hybridized carbons (Fsp3) is 0.190. The first-order valence-corrected chi connectivity index (χ1v) is 9.67. The van der Waals surface area contributed by atoms with Crippen LogP contribution in [0, 0.1) is 5.82 Å². The van der Waals surface area contributed by atoms with Crippen molar-refractivity contribution < 1.29 is 23.5 Å². The highest BCUT2D eigenvalue weighted by Crippen LogP contribution is 2.26. The average molecular weight is 414 g/mol. The van der Waals surface area contributed by atoms with E-state index in [9.17, 15) is 14.0 Å². The molecule has 3 rings (SSSR count). The lowest BCUT2D eigenvalue weighted by Gasteiger charge is -2.13. The Morgan fingerprint density at radius 1 is 1.21 bits per heavy atom. The van der Waals surface area contributed by atoms with Crippen LogP contribution >= 0.6 is 11.3 Å². The molecule has 0 aliphatic carbocycles. The van der Waals surface area contributed by atoms with Crippen LogP contribution in [-0.2, 0) is 20.7 Å². The Morgan fingerprint density at radius 2 is 1.97 bits per heavy atom. The second-order valence-electron chi connectivity index (χ2n) is 6.18. The lowest BCUT2D eigenvalue weighted by molar-refractivity contribution is -0.152. The van der Waals surface area contributed by atoms with Crippen LogP contribution in [0.15, 0.2) is 53.9 Å². The Bertz CT molecular complexity index is 1000. The van der Waals surface area contributed by atoms with E-state index in [2.05, 4.69) is 10.3 Å². The third-order valence-electron chi connectivity index (χ3n) is 3.98. The summed E-state index contributed by atoms with van der Waals surface area (Å²) in [6.45, 7) is 1.45. The summed E-state index contributed by atoms with van der Waals surface area (Å²) in [6.07, 6.45) is -1.07. The molecular weight excluding hydrogens is 395 g/mol. The molecule has 0 unspecified atom stereocenters. The van der Waals surface area contributed by atoms with Gasteiger partial charge in [-0.1, -0.05) is 6.07 Å². The molecule has 0 fully saturated rings. The Kier molecular flexibility index (Phi) is 6.56. The molecule has 0 saturated heterocycles. The summed E-state index contributed by atoms with van der Waals surface area (Å²) in [7, 11) is 1.60. The molecule has 2 aromatic carbocycles. The number of amides is 1. The second-order valence-corrected chi connectivity index (χ2v) is 7.04. The van der Waals surface area contributed by atoms with Crippen LogP contribution in [-0.4, -0.2) is 30.1 Å². The molecule has 1 amide bonds. The largest absolute Gasteiger partial charge is 0.497 e. The van der Waals surface area contributed by atoms with E-state index in [1.54, 1.807) is 18.6 Å². The lowest BCUT2D eigenvalue weighted by atomic mass is 10.2. The van der Waals surface area contributed by atoms with E-state index in [1.165, 1.54) is 36.5 Å².